The largest absolute Gasteiger partial charge is 0.433 e. The number of nitrogens with one attached hydrogen (secondary N) is 1. The van der Waals surface area contributed by atoms with E-state index in [0.29, 0.717) is 29.5 Å². The summed E-state index contributed by atoms with van der Waals surface area (Å²) in [6.45, 7) is 0.436. The number of piperidine rings is 1. The van der Waals surface area contributed by atoms with Crippen LogP contribution in [0.4, 0.5) is 29.2 Å². The summed E-state index contributed by atoms with van der Waals surface area (Å²) in [4.78, 5) is 36.0. The molecule has 0 bridgehead atoms. The van der Waals surface area contributed by atoms with E-state index < -0.39 is 35.0 Å². The number of aryl methyl sites for hydroxylation is 1. The first-order valence-electron chi connectivity index (χ1n) is 12.9. The molecular weight excluding hydrogens is 603 g/mol. The zero-order valence-corrected chi connectivity index (χ0v) is 23.4. The van der Waals surface area contributed by atoms with Crippen molar-refractivity contribution in [3.8, 4) is 11.3 Å². The summed E-state index contributed by atoms with van der Waals surface area (Å²) in [6, 6.07) is 2.86. The van der Waals surface area contributed by atoms with Crippen LogP contribution in [0.5, 0.6) is 0 Å². The Labute approximate surface area is 245 Å². The lowest BCUT2D eigenvalue weighted by molar-refractivity contribution is -0.143. The van der Waals surface area contributed by atoms with E-state index in [-0.39, 0.29) is 50.6 Å². The number of benzene rings is 1. The highest BCUT2D eigenvalue weighted by Gasteiger charge is 2.39. The van der Waals surface area contributed by atoms with E-state index in [1.165, 1.54) is 6.20 Å². The highest BCUT2D eigenvalue weighted by atomic mass is 35.5. The van der Waals surface area contributed by atoms with Gasteiger partial charge in [0, 0.05) is 43.6 Å². The van der Waals surface area contributed by atoms with Crippen LogP contribution >= 0.6 is 23.2 Å². The topological polar surface area (TPSA) is 123 Å². The molecule has 3 N–H and O–H groups in total. The first-order chi connectivity index (χ1) is 19.8. The second kappa shape index (κ2) is 10.1. The van der Waals surface area contributed by atoms with Crippen molar-refractivity contribution < 1.29 is 27.2 Å². The van der Waals surface area contributed by atoms with Crippen LogP contribution in [0.3, 0.4) is 0 Å². The van der Waals surface area contributed by atoms with E-state index >= 15 is 4.39 Å². The number of anilines is 2. The normalized spacial score (nSPS) is 19.0. The first kappa shape index (κ1) is 28.2. The van der Waals surface area contributed by atoms with E-state index in [2.05, 4.69) is 15.4 Å². The number of rotatable bonds is 4. The quantitative estimate of drug-likeness (QED) is 0.297. The number of nitrogens with zero attached hydrogens (tertiary/aromatic N) is 6. The lowest BCUT2D eigenvalue weighted by Crippen LogP contribution is -2.41. The van der Waals surface area contributed by atoms with Gasteiger partial charge in [0.1, 0.15) is 39.5 Å². The van der Waals surface area contributed by atoms with Crippen LogP contribution in [-0.4, -0.2) is 53.5 Å². The maximum Gasteiger partial charge on any atom is 0.433 e. The molecule has 3 aromatic heterocycles. The molecule has 2 fully saturated rings. The molecule has 0 saturated carbocycles. The van der Waals surface area contributed by atoms with Gasteiger partial charge in [-0.1, -0.05) is 23.2 Å². The Hall–Kier alpha value is -3.91. The maximum atomic E-state index is 15.4. The van der Waals surface area contributed by atoms with Gasteiger partial charge < -0.3 is 16.0 Å². The molecule has 2 aliphatic heterocycles. The summed E-state index contributed by atoms with van der Waals surface area (Å²) >= 11 is 13.1. The molecule has 2 amide bonds. The van der Waals surface area contributed by atoms with Gasteiger partial charge in [-0.25, -0.2) is 14.4 Å². The Balaban J connectivity index is 1.38. The average Bonchev–Trinajstić information content (AvgIpc) is 3.62. The molecule has 1 aromatic carbocycles. The molecule has 2 atom stereocenters. The summed E-state index contributed by atoms with van der Waals surface area (Å²) in [5, 5.41) is 5.91. The van der Waals surface area contributed by atoms with Crippen molar-refractivity contribution in [1.82, 2.24) is 29.0 Å². The Morgan fingerprint density at radius 2 is 1.93 bits per heavy atom. The van der Waals surface area contributed by atoms with Crippen LogP contribution in [0.2, 0.25) is 10.2 Å². The molecule has 0 aliphatic carbocycles. The molecular formula is C26H22Cl2F4N8O2. The number of hydrogen-bond acceptors (Lipinski definition) is 6. The van der Waals surface area contributed by atoms with Crippen LogP contribution in [0.1, 0.15) is 53.5 Å². The SMILES string of the molecule is Cn1nc(NC(=O)c2cc(Cl)c(-c3nc([C@@H]4CC[C@H]5CCC(=O)N5C4)n4c(Cl)cnc(N)c34)cc2F)cc1C(F)(F)F. The summed E-state index contributed by atoms with van der Waals surface area (Å²) in [6.07, 6.45) is -0.495. The van der Waals surface area contributed by atoms with Gasteiger partial charge in [0.15, 0.2) is 5.82 Å². The monoisotopic (exact) mass is 624 g/mol. The van der Waals surface area contributed by atoms with E-state index in [4.69, 9.17) is 33.9 Å². The number of aromatic nitrogens is 5. The second-order valence-corrected chi connectivity index (χ2v) is 11.1. The summed E-state index contributed by atoms with van der Waals surface area (Å²) < 4.78 is 56.9. The lowest BCUT2D eigenvalue weighted by Gasteiger charge is -2.34. The van der Waals surface area contributed by atoms with Crippen molar-refractivity contribution in [2.75, 3.05) is 17.6 Å². The molecule has 6 rings (SSSR count). The van der Waals surface area contributed by atoms with Crippen molar-refractivity contribution in [2.24, 2.45) is 7.05 Å². The van der Waals surface area contributed by atoms with Crippen molar-refractivity contribution >= 4 is 52.2 Å². The molecule has 4 aromatic rings. The molecule has 220 valence electrons. The van der Waals surface area contributed by atoms with Gasteiger partial charge >= 0.3 is 6.18 Å². The highest BCUT2D eigenvalue weighted by molar-refractivity contribution is 6.34. The number of hydrogen-bond donors (Lipinski definition) is 2. The highest BCUT2D eigenvalue weighted by Crippen LogP contribution is 2.41. The average molecular weight is 625 g/mol. The molecule has 5 heterocycles. The molecule has 2 aliphatic rings. The number of alkyl halides is 3. The second-order valence-electron chi connectivity index (χ2n) is 10.3. The van der Waals surface area contributed by atoms with Crippen LogP contribution in [0.25, 0.3) is 16.8 Å². The van der Waals surface area contributed by atoms with E-state index in [0.717, 1.165) is 38.4 Å². The van der Waals surface area contributed by atoms with Gasteiger partial charge in [-0.3, -0.25) is 18.7 Å². The molecule has 10 nitrogen and oxygen atoms in total. The molecule has 0 unspecified atom stereocenters. The Morgan fingerprint density at radius 1 is 1.17 bits per heavy atom. The van der Waals surface area contributed by atoms with Crippen LogP contribution in [0.15, 0.2) is 24.4 Å². The molecule has 2 saturated heterocycles. The van der Waals surface area contributed by atoms with Crippen molar-refractivity contribution in [3.63, 3.8) is 0 Å². The predicted octanol–water partition coefficient (Wildman–Crippen LogP) is 5.30. The van der Waals surface area contributed by atoms with Gasteiger partial charge in [-0.2, -0.15) is 18.3 Å². The fourth-order valence-corrected chi connectivity index (χ4v) is 6.22. The fraction of sp³-hybridized carbons (Fsp3) is 0.346. The van der Waals surface area contributed by atoms with Gasteiger partial charge in [-0.05, 0) is 31.4 Å². The molecule has 16 heteroatoms. The van der Waals surface area contributed by atoms with Crippen LogP contribution in [0, 0.1) is 5.82 Å². The third kappa shape index (κ3) is 4.71. The third-order valence-electron chi connectivity index (χ3n) is 7.72. The number of carbonyl (C=O) groups is 2. The Bertz CT molecular complexity index is 1770. The van der Waals surface area contributed by atoms with Crippen molar-refractivity contribution in [2.45, 2.75) is 43.8 Å². The fourth-order valence-electron chi connectivity index (χ4n) is 5.75. The lowest BCUT2D eigenvalue weighted by atomic mass is 9.92. The number of nitrogens with two attached hydrogens (primary N) is 1. The predicted molar refractivity (Wildman–Crippen MR) is 146 cm³/mol. The molecule has 0 radical (unpaired) electrons. The van der Waals surface area contributed by atoms with Gasteiger partial charge in [-0.15, -0.1) is 0 Å². The molecule has 0 spiro atoms. The zero-order chi connectivity index (χ0) is 30.1. The number of carbonyl (C=O) groups excluding carboxylic acids is 2. The van der Waals surface area contributed by atoms with Crippen molar-refractivity contribution in [1.29, 1.82) is 0 Å². The number of halogens is 6. The van der Waals surface area contributed by atoms with E-state index in [1.54, 1.807) is 4.40 Å². The Morgan fingerprint density at radius 3 is 2.64 bits per heavy atom. The summed E-state index contributed by atoms with van der Waals surface area (Å²) in [5.74, 6) is -2.05. The minimum atomic E-state index is -4.70. The number of amides is 2. The maximum absolute atomic E-state index is 15.4. The number of fused-ring (bicyclic) bond motifs is 2. The number of imidazole rings is 1. The first-order valence-corrected chi connectivity index (χ1v) is 13.6. The van der Waals surface area contributed by atoms with E-state index in [1.807, 2.05) is 4.90 Å². The Kier molecular flexibility index (Phi) is 6.80. The standard InChI is InChI=1S/C26H22Cl2F4N8O2/c1-38-17(26(30,31)32)8-19(37-38)35-25(42)14-6-15(27)13(7-16(14)29)21-22-23(33)34-9-18(28)40(22)24(36-21)11-2-3-12-4-5-20(41)39(12)10-11/h6-9,11-12H,2-5,10H2,1H3,(H2,33,34)(H,35,37,42)/t11-,12+/m1/s1. The van der Waals surface area contributed by atoms with Gasteiger partial charge in [0.25, 0.3) is 5.91 Å². The van der Waals surface area contributed by atoms with E-state index in [9.17, 15) is 22.8 Å². The smallest absolute Gasteiger partial charge is 0.382 e. The summed E-state index contributed by atoms with van der Waals surface area (Å²) in [5.41, 5.74) is 5.14. The zero-order valence-electron chi connectivity index (χ0n) is 21.8. The van der Waals surface area contributed by atoms with Crippen molar-refractivity contribution in [3.05, 3.63) is 57.5 Å². The van der Waals surface area contributed by atoms with Gasteiger partial charge in [0.05, 0.1) is 16.8 Å². The minimum Gasteiger partial charge on any atom is -0.382 e. The third-order valence-corrected chi connectivity index (χ3v) is 8.30. The minimum absolute atomic E-state index is 0.0491. The van der Waals surface area contributed by atoms with Gasteiger partial charge in [0.2, 0.25) is 5.91 Å². The summed E-state index contributed by atoms with van der Waals surface area (Å²) in [7, 11) is 1.07. The van der Waals surface area contributed by atoms with Crippen LogP contribution in [-0.2, 0) is 18.0 Å². The number of nitrogen functional groups attached to an aromatic ring is 1. The molecule has 42 heavy (non-hydrogen) atoms. The van der Waals surface area contributed by atoms with Crippen LogP contribution < -0.4 is 11.1 Å².